The summed E-state index contributed by atoms with van der Waals surface area (Å²) in [4.78, 5) is 25.2. The van der Waals surface area contributed by atoms with Crippen molar-refractivity contribution in [2.45, 2.75) is 236 Å². The molecule has 7 aliphatic rings. The molecule has 37 heteroatoms. The van der Waals surface area contributed by atoms with Crippen LogP contribution in [0.2, 0.25) is 0 Å². The summed E-state index contributed by atoms with van der Waals surface area (Å²) in [6.07, 6.45) is -62.7. The van der Waals surface area contributed by atoms with Gasteiger partial charge in [-0.3, -0.25) is 9.59 Å². The van der Waals surface area contributed by atoms with Gasteiger partial charge in [-0.2, -0.15) is 0 Å². The van der Waals surface area contributed by atoms with Crippen molar-refractivity contribution < 1.29 is 173 Å². The van der Waals surface area contributed by atoms with E-state index in [0.717, 1.165) is 13.8 Å². The predicted octanol–water partition coefficient (Wildman–Crippen LogP) is -15.0. The molecule has 7 heterocycles. The van der Waals surface area contributed by atoms with E-state index in [-0.39, 0.29) is 0 Å². The Kier molecular flexibility index (Phi) is 24.0. The molecule has 35 atom stereocenters. The Balaban J connectivity index is 1.14. The third-order valence-corrected chi connectivity index (χ3v) is 15.3. The van der Waals surface area contributed by atoms with E-state index in [4.69, 9.17) is 61.6 Å². The lowest BCUT2D eigenvalue weighted by Crippen LogP contribution is -2.70. The topological polar surface area (TPSA) is 583 Å². The van der Waals surface area contributed by atoms with E-state index in [2.05, 4.69) is 10.6 Å². The Morgan fingerprint density at radius 2 is 0.723 bits per heavy atom. The standard InChI is InChI=1S/C46H78N2O35/c1-10-21(55)31(65)39(83-44-34(68)30(64)24(58)15(6-51)77-44)46(73-10)72-9-18-37(26(60)19(40(70)74-18)47-11(2)53)80-41-20(48-12(3)54)27(61)36(16(7-52)78-41)81-45-35(69)38(82-43-33(67)29(63)23(57)14(5-50)76-43)25(59)17(79-45)8-71-42-32(66)28(62)22(56)13(4-49)75-42/h10,13-46,49-52,55-70H,4-9H2,1-3H3,(H,47,53)(H,48,54)/t10-,13+,14+,15+,16+,17+,18+,19+,20+,21+,22+,23+,24-,25+,26+,27+,28-,29-,30-,31+,32-,33-,34+,35-,36+,37+,38-,39-,40-,41-,42-,43+,44+,45-,46+/m0/s1. The highest BCUT2D eigenvalue weighted by Gasteiger charge is 2.58. The highest BCUT2D eigenvalue weighted by molar-refractivity contribution is 5.73. The molecule has 22 N–H and O–H groups in total. The number of carbonyl (C=O) groups is 2. The molecule has 0 unspecified atom stereocenters. The van der Waals surface area contributed by atoms with Gasteiger partial charge in [0.15, 0.2) is 44.0 Å². The summed E-state index contributed by atoms with van der Waals surface area (Å²) in [5, 5.41) is 220. The third kappa shape index (κ3) is 14.9. The minimum absolute atomic E-state index is 0.806. The van der Waals surface area contributed by atoms with Crippen LogP contribution < -0.4 is 10.6 Å². The Labute approximate surface area is 470 Å². The summed E-state index contributed by atoms with van der Waals surface area (Å²) >= 11 is 0. The number of aliphatic hydroxyl groups excluding tert-OH is 20. The smallest absolute Gasteiger partial charge is 0.217 e. The van der Waals surface area contributed by atoms with E-state index in [0.29, 0.717) is 0 Å². The largest absolute Gasteiger partial charge is 0.394 e. The van der Waals surface area contributed by atoms with Gasteiger partial charge < -0.3 is 174 Å². The number of amides is 2. The molecule has 482 valence electrons. The SMILES string of the molecule is CC(=O)N[C@@H]1[C@@H](O)[C@H](O[C@@H]2O[C@H](CO)[C@@H](O[C@@H]3O[C@H](CO[C@H]4O[C@H](CO)[C@@H](O)[C@H](O)[C@@H]4O)[C@@H](O)[C@H](O[C@H]4O[C@H](CO)[C@@H](O)[C@H](O)[C@@H]4O)[C@@H]3O)[C@H](O)[C@H]2NC(C)=O)[C@@H](CO[C@@H]2O[C@@H](C)[C@@H](O)[C@@H](O)[C@@H]2O[C@H]2O[C@H](CO)[C@H](O)[C@H](O)[C@H]2O)O[C@@H]1O. The number of rotatable bonds is 20. The van der Waals surface area contributed by atoms with Crippen LogP contribution in [0.5, 0.6) is 0 Å². The molecule has 2 amide bonds. The summed E-state index contributed by atoms with van der Waals surface area (Å²) in [6.45, 7) is -2.28. The summed E-state index contributed by atoms with van der Waals surface area (Å²) in [7, 11) is 0. The van der Waals surface area contributed by atoms with E-state index in [1.165, 1.54) is 6.92 Å². The fourth-order valence-electron chi connectivity index (χ4n) is 10.5. The molecule has 7 saturated heterocycles. The maximum absolute atomic E-state index is 12.9. The number of ether oxygens (including phenoxy) is 13. The monoisotopic (exact) mass is 1220 g/mol. The van der Waals surface area contributed by atoms with Crippen molar-refractivity contribution in [3.63, 3.8) is 0 Å². The van der Waals surface area contributed by atoms with Crippen molar-refractivity contribution in [3.8, 4) is 0 Å². The van der Waals surface area contributed by atoms with Crippen molar-refractivity contribution >= 4 is 11.8 Å². The van der Waals surface area contributed by atoms with E-state index < -0.39 is 266 Å². The van der Waals surface area contributed by atoms with Crippen LogP contribution in [0.1, 0.15) is 20.8 Å². The molecule has 0 aromatic heterocycles. The minimum Gasteiger partial charge on any atom is -0.394 e. The fourth-order valence-corrected chi connectivity index (χ4v) is 10.5. The molecule has 7 fully saturated rings. The molecule has 0 saturated carbocycles. The second-order valence-corrected chi connectivity index (χ2v) is 21.1. The first-order valence-electron chi connectivity index (χ1n) is 26.5. The lowest BCUT2D eigenvalue weighted by molar-refractivity contribution is -0.385. The molecule has 0 aromatic carbocycles. The average molecular weight is 1220 g/mol. The first-order valence-corrected chi connectivity index (χ1v) is 26.5. The molecule has 0 aromatic rings. The van der Waals surface area contributed by atoms with Gasteiger partial charge in [0.25, 0.3) is 0 Å². The van der Waals surface area contributed by atoms with Crippen LogP contribution in [0, 0.1) is 0 Å². The first kappa shape index (κ1) is 68.1. The van der Waals surface area contributed by atoms with Crippen molar-refractivity contribution in [2.75, 3.05) is 39.6 Å². The highest BCUT2D eigenvalue weighted by Crippen LogP contribution is 2.37. The Hall–Kier alpha value is -2.38. The Morgan fingerprint density at radius 3 is 1.24 bits per heavy atom. The summed E-state index contributed by atoms with van der Waals surface area (Å²) < 4.78 is 74.9. The number of hydrogen-bond acceptors (Lipinski definition) is 35. The Morgan fingerprint density at radius 1 is 0.337 bits per heavy atom. The van der Waals surface area contributed by atoms with Gasteiger partial charge in [-0.05, 0) is 6.92 Å². The van der Waals surface area contributed by atoms with E-state index in [9.17, 15) is 112 Å². The van der Waals surface area contributed by atoms with Crippen LogP contribution in [-0.2, 0) is 71.2 Å². The minimum atomic E-state index is -2.28. The molecule has 7 aliphatic heterocycles. The highest BCUT2D eigenvalue weighted by atomic mass is 16.8. The second-order valence-electron chi connectivity index (χ2n) is 21.1. The molecule has 0 radical (unpaired) electrons. The fraction of sp³-hybridized carbons (Fsp3) is 0.957. The summed E-state index contributed by atoms with van der Waals surface area (Å²) in [5.74, 6) is -1.70. The third-order valence-electron chi connectivity index (χ3n) is 15.3. The van der Waals surface area contributed by atoms with Crippen LogP contribution >= 0.6 is 0 Å². The van der Waals surface area contributed by atoms with Gasteiger partial charge in [0.2, 0.25) is 11.8 Å². The predicted molar refractivity (Wildman–Crippen MR) is 254 cm³/mol. The lowest BCUT2D eigenvalue weighted by Gasteiger charge is -2.50. The van der Waals surface area contributed by atoms with Gasteiger partial charge >= 0.3 is 0 Å². The van der Waals surface area contributed by atoms with E-state index in [1.54, 1.807) is 0 Å². The van der Waals surface area contributed by atoms with Crippen molar-refractivity contribution in [1.82, 2.24) is 10.6 Å². The molecule has 37 nitrogen and oxygen atoms in total. The number of aliphatic hydroxyl groups is 20. The van der Waals surface area contributed by atoms with Gasteiger partial charge in [-0.15, -0.1) is 0 Å². The zero-order valence-electron chi connectivity index (χ0n) is 44.5. The number of carbonyl (C=O) groups excluding carboxylic acids is 2. The van der Waals surface area contributed by atoms with Crippen molar-refractivity contribution in [1.29, 1.82) is 0 Å². The van der Waals surface area contributed by atoms with E-state index >= 15 is 0 Å². The zero-order valence-corrected chi connectivity index (χ0v) is 44.5. The number of hydrogen-bond donors (Lipinski definition) is 22. The molecular formula is C46H78N2O35. The molecule has 7 rings (SSSR count). The van der Waals surface area contributed by atoms with Crippen LogP contribution in [0.15, 0.2) is 0 Å². The normalized spacial score (nSPS) is 50.8. The second kappa shape index (κ2) is 29.3. The Bertz CT molecular complexity index is 2040. The van der Waals surface area contributed by atoms with Crippen molar-refractivity contribution in [2.24, 2.45) is 0 Å². The van der Waals surface area contributed by atoms with Crippen LogP contribution in [0.3, 0.4) is 0 Å². The van der Waals surface area contributed by atoms with Crippen molar-refractivity contribution in [3.05, 3.63) is 0 Å². The lowest BCUT2D eigenvalue weighted by atomic mass is 9.93. The van der Waals surface area contributed by atoms with Gasteiger partial charge in [-0.1, -0.05) is 0 Å². The summed E-state index contributed by atoms with van der Waals surface area (Å²) in [6, 6.07) is -3.58. The van der Waals surface area contributed by atoms with Crippen LogP contribution in [-0.4, -0.2) is 368 Å². The summed E-state index contributed by atoms with van der Waals surface area (Å²) in [5.41, 5.74) is 0. The average Bonchev–Trinajstić information content (AvgIpc) is 3.59. The molecule has 83 heavy (non-hydrogen) atoms. The van der Waals surface area contributed by atoms with Crippen LogP contribution in [0.4, 0.5) is 0 Å². The maximum atomic E-state index is 12.9. The van der Waals surface area contributed by atoms with Gasteiger partial charge in [0.05, 0.1) is 45.7 Å². The van der Waals surface area contributed by atoms with Crippen LogP contribution in [0.25, 0.3) is 0 Å². The number of nitrogens with one attached hydrogen (secondary N) is 2. The molecule has 0 spiro atoms. The first-order chi connectivity index (χ1) is 39.2. The zero-order chi connectivity index (χ0) is 61.2. The van der Waals surface area contributed by atoms with E-state index in [1.807, 2.05) is 0 Å². The quantitative estimate of drug-likeness (QED) is 0.0538. The molecular weight excluding hydrogens is 1140 g/mol. The van der Waals surface area contributed by atoms with Gasteiger partial charge in [-0.25, -0.2) is 0 Å². The molecule has 0 bridgehead atoms. The molecule has 0 aliphatic carbocycles. The maximum Gasteiger partial charge on any atom is 0.217 e. The van der Waals surface area contributed by atoms with Gasteiger partial charge in [0, 0.05) is 13.8 Å². The van der Waals surface area contributed by atoms with Gasteiger partial charge in [0.1, 0.15) is 165 Å².